The topological polar surface area (TPSA) is 107 Å². The second-order valence-corrected chi connectivity index (χ2v) is 10.1. The first kappa shape index (κ1) is 28.7. The summed E-state index contributed by atoms with van der Waals surface area (Å²) >= 11 is 1.28. The lowest BCUT2D eigenvalue weighted by molar-refractivity contribution is -0.120. The molecule has 208 valence electrons. The van der Waals surface area contributed by atoms with Gasteiger partial charge < -0.3 is 20.1 Å². The summed E-state index contributed by atoms with van der Waals surface area (Å²) in [7, 11) is 1.60. The molecule has 0 saturated carbocycles. The van der Waals surface area contributed by atoms with Gasteiger partial charge in [-0.1, -0.05) is 36.0 Å². The lowest BCUT2D eigenvalue weighted by atomic mass is 10.1. The summed E-state index contributed by atoms with van der Waals surface area (Å²) in [5, 5.41) is 15.1. The highest BCUT2D eigenvalue weighted by atomic mass is 32.2. The van der Waals surface area contributed by atoms with Crippen LogP contribution in [0.25, 0.3) is 5.69 Å². The number of carbonyl (C=O) groups is 2. The van der Waals surface area contributed by atoms with Crippen molar-refractivity contribution in [3.63, 3.8) is 0 Å². The molecule has 9 nitrogen and oxygen atoms in total. The molecule has 0 atom stereocenters. The SMILES string of the molecule is CCOc1ccc(-n2c(CNC(=O)Cc3ccc(OC)cc3)nnc2SCC(=O)Nc2cc(C)ccc2C)cc1. The Kier molecular flexibility index (Phi) is 9.80. The fraction of sp³-hybridized carbons (Fsp3) is 0.267. The number of hydrogen-bond donors (Lipinski definition) is 2. The van der Waals surface area contributed by atoms with Crippen LogP contribution in [-0.4, -0.2) is 46.0 Å². The van der Waals surface area contributed by atoms with Crippen LogP contribution in [0.2, 0.25) is 0 Å². The minimum Gasteiger partial charge on any atom is -0.497 e. The summed E-state index contributed by atoms with van der Waals surface area (Å²) in [6.45, 7) is 6.61. The second kappa shape index (κ2) is 13.7. The molecule has 0 spiro atoms. The van der Waals surface area contributed by atoms with Gasteiger partial charge >= 0.3 is 0 Å². The average Bonchev–Trinajstić information content (AvgIpc) is 3.36. The molecule has 4 rings (SSSR count). The van der Waals surface area contributed by atoms with E-state index in [-0.39, 0.29) is 30.5 Å². The van der Waals surface area contributed by atoms with E-state index in [4.69, 9.17) is 9.47 Å². The van der Waals surface area contributed by atoms with Gasteiger partial charge in [-0.15, -0.1) is 10.2 Å². The van der Waals surface area contributed by atoms with Gasteiger partial charge in [0.25, 0.3) is 0 Å². The number of nitrogens with zero attached hydrogens (tertiary/aromatic N) is 3. The first-order valence-corrected chi connectivity index (χ1v) is 13.9. The van der Waals surface area contributed by atoms with E-state index in [0.717, 1.165) is 39.6 Å². The molecular formula is C30H33N5O4S. The summed E-state index contributed by atoms with van der Waals surface area (Å²) in [4.78, 5) is 25.5. The number of aryl methyl sites for hydroxylation is 2. The summed E-state index contributed by atoms with van der Waals surface area (Å²) in [6, 6.07) is 20.8. The number of carbonyl (C=O) groups excluding carboxylic acids is 2. The van der Waals surface area contributed by atoms with E-state index in [1.54, 1.807) is 7.11 Å². The first-order chi connectivity index (χ1) is 19.4. The molecule has 0 aliphatic carbocycles. The second-order valence-electron chi connectivity index (χ2n) is 9.12. The molecule has 3 aromatic carbocycles. The standard InChI is InChI=1S/C30H33N5O4S/c1-5-39-25-14-10-23(11-15-25)35-27(18-31-28(36)17-22-8-12-24(38-4)13-9-22)33-34-30(35)40-19-29(37)32-26-16-20(2)6-7-21(26)3/h6-16H,5,17-19H2,1-4H3,(H,31,36)(H,32,37). The number of ether oxygens (including phenoxy) is 2. The van der Waals surface area contributed by atoms with E-state index in [9.17, 15) is 9.59 Å². The fourth-order valence-corrected chi connectivity index (χ4v) is 4.75. The number of rotatable bonds is 12. The number of thioether (sulfide) groups is 1. The van der Waals surface area contributed by atoms with Gasteiger partial charge in [0.2, 0.25) is 11.8 Å². The van der Waals surface area contributed by atoms with Crippen LogP contribution in [-0.2, 0) is 22.6 Å². The molecule has 2 amide bonds. The highest BCUT2D eigenvalue weighted by Gasteiger charge is 2.17. The van der Waals surface area contributed by atoms with Gasteiger partial charge in [-0.2, -0.15) is 0 Å². The zero-order valence-electron chi connectivity index (χ0n) is 23.1. The molecule has 40 heavy (non-hydrogen) atoms. The summed E-state index contributed by atoms with van der Waals surface area (Å²) in [5.41, 5.74) is 4.53. The minimum atomic E-state index is -0.145. The van der Waals surface area contributed by atoms with Crippen molar-refractivity contribution in [1.29, 1.82) is 0 Å². The lowest BCUT2D eigenvalue weighted by Crippen LogP contribution is -2.26. The van der Waals surface area contributed by atoms with Crippen molar-refractivity contribution in [3.8, 4) is 17.2 Å². The fourth-order valence-electron chi connectivity index (χ4n) is 3.98. The van der Waals surface area contributed by atoms with Gasteiger partial charge in [-0.3, -0.25) is 14.2 Å². The molecule has 0 fully saturated rings. The van der Waals surface area contributed by atoms with E-state index in [1.807, 2.05) is 92.1 Å². The third-order valence-corrected chi connectivity index (χ3v) is 7.00. The van der Waals surface area contributed by atoms with E-state index in [0.29, 0.717) is 17.6 Å². The molecule has 0 unspecified atom stereocenters. The molecule has 0 aliphatic rings. The zero-order chi connectivity index (χ0) is 28.5. The Morgan fingerprint density at radius 2 is 1.65 bits per heavy atom. The summed E-state index contributed by atoms with van der Waals surface area (Å²) < 4.78 is 12.6. The van der Waals surface area contributed by atoms with Crippen LogP contribution < -0.4 is 20.1 Å². The molecule has 1 heterocycles. The van der Waals surface area contributed by atoms with Crippen molar-refractivity contribution in [2.75, 3.05) is 24.8 Å². The van der Waals surface area contributed by atoms with Crippen LogP contribution in [0, 0.1) is 13.8 Å². The maximum Gasteiger partial charge on any atom is 0.234 e. The first-order valence-electron chi connectivity index (χ1n) is 12.9. The molecule has 0 aliphatic heterocycles. The molecule has 0 bridgehead atoms. The number of hydrogen-bond acceptors (Lipinski definition) is 7. The van der Waals surface area contributed by atoms with Gasteiger partial charge in [-0.25, -0.2) is 0 Å². The van der Waals surface area contributed by atoms with E-state index in [1.165, 1.54) is 11.8 Å². The highest BCUT2D eigenvalue weighted by molar-refractivity contribution is 7.99. The third kappa shape index (κ3) is 7.63. The lowest BCUT2D eigenvalue weighted by Gasteiger charge is -2.13. The molecule has 0 radical (unpaired) electrons. The van der Waals surface area contributed by atoms with Crippen LogP contribution >= 0.6 is 11.8 Å². The Morgan fingerprint density at radius 3 is 2.35 bits per heavy atom. The van der Waals surface area contributed by atoms with Gasteiger partial charge in [-0.05, 0) is 79.9 Å². The number of amides is 2. The third-order valence-electron chi connectivity index (χ3n) is 6.07. The molecule has 0 saturated heterocycles. The predicted molar refractivity (Wildman–Crippen MR) is 156 cm³/mol. The Bertz CT molecular complexity index is 1450. The van der Waals surface area contributed by atoms with Gasteiger partial charge in [0.15, 0.2) is 11.0 Å². The number of anilines is 1. The van der Waals surface area contributed by atoms with Crippen LogP contribution in [0.1, 0.15) is 29.4 Å². The van der Waals surface area contributed by atoms with Crippen molar-refractivity contribution < 1.29 is 19.1 Å². The largest absolute Gasteiger partial charge is 0.497 e. The Balaban J connectivity index is 1.48. The quantitative estimate of drug-likeness (QED) is 0.238. The zero-order valence-corrected chi connectivity index (χ0v) is 23.9. The van der Waals surface area contributed by atoms with E-state index < -0.39 is 0 Å². The van der Waals surface area contributed by atoms with Crippen LogP contribution in [0.5, 0.6) is 11.5 Å². The summed E-state index contributed by atoms with van der Waals surface area (Å²) in [6.07, 6.45) is 0.224. The number of nitrogens with one attached hydrogen (secondary N) is 2. The molecule has 2 N–H and O–H groups in total. The van der Waals surface area contributed by atoms with Gasteiger partial charge in [0, 0.05) is 11.4 Å². The number of methoxy groups -OCH3 is 1. The maximum absolute atomic E-state index is 12.8. The van der Waals surface area contributed by atoms with E-state index in [2.05, 4.69) is 20.8 Å². The normalized spacial score (nSPS) is 10.7. The van der Waals surface area contributed by atoms with Crippen LogP contribution in [0.3, 0.4) is 0 Å². The van der Waals surface area contributed by atoms with Gasteiger partial charge in [0.05, 0.1) is 32.4 Å². The van der Waals surface area contributed by atoms with Crippen molar-refractivity contribution >= 4 is 29.3 Å². The van der Waals surface area contributed by atoms with Crippen LogP contribution in [0.15, 0.2) is 71.9 Å². The monoisotopic (exact) mass is 559 g/mol. The Hall–Kier alpha value is -4.31. The molecule has 1 aromatic heterocycles. The molecule has 4 aromatic rings. The van der Waals surface area contributed by atoms with Gasteiger partial charge in [0.1, 0.15) is 11.5 Å². The van der Waals surface area contributed by atoms with E-state index >= 15 is 0 Å². The average molecular weight is 560 g/mol. The number of aromatic nitrogens is 3. The Morgan fingerprint density at radius 1 is 0.925 bits per heavy atom. The van der Waals surface area contributed by atoms with Crippen molar-refractivity contribution in [3.05, 3.63) is 89.2 Å². The predicted octanol–water partition coefficient (Wildman–Crippen LogP) is 4.88. The highest BCUT2D eigenvalue weighted by Crippen LogP contribution is 2.25. The molecular weight excluding hydrogens is 526 g/mol. The summed E-state index contributed by atoms with van der Waals surface area (Å²) in [5.74, 6) is 1.88. The smallest absolute Gasteiger partial charge is 0.234 e. The Labute approximate surface area is 238 Å². The van der Waals surface area contributed by atoms with Crippen molar-refractivity contribution in [2.45, 2.75) is 38.9 Å². The van der Waals surface area contributed by atoms with Crippen LogP contribution in [0.4, 0.5) is 5.69 Å². The van der Waals surface area contributed by atoms with Crippen molar-refractivity contribution in [1.82, 2.24) is 20.1 Å². The maximum atomic E-state index is 12.8. The minimum absolute atomic E-state index is 0.144. The van der Waals surface area contributed by atoms with Crippen molar-refractivity contribution in [2.24, 2.45) is 0 Å². The molecule has 10 heteroatoms. The number of benzene rings is 3.